The van der Waals surface area contributed by atoms with Crippen molar-refractivity contribution in [3.63, 3.8) is 0 Å². The maximum absolute atomic E-state index is 10.4. The summed E-state index contributed by atoms with van der Waals surface area (Å²) >= 11 is 0. The summed E-state index contributed by atoms with van der Waals surface area (Å²) in [4.78, 5) is 13.6. The van der Waals surface area contributed by atoms with Gasteiger partial charge in [0.15, 0.2) is 0 Å². The monoisotopic (exact) mass is 201 g/mol. The van der Waals surface area contributed by atoms with E-state index in [4.69, 9.17) is 5.11 Å². The van der Waals surface area contributed by atoms with E-state index < -0.39 is 5.97 Å². The second kappa shape index (κ2) is 3.61. The molecule has 1 aromatic heterocycles. The largest absolute Gasteiger partial charge is 0.478 e. The van der Waals surface area contributed by atoms with Crippen LogP contribution in [0.3, 0.4) is 0 Å². The van der Waals surface area contributed by atoms with Crippen molar-refractivity contribution in [2.24, 2.45) is 0 Å². The minimum atomic E-state index is -0.931. The van der Waals surface area contributed by atoms with Gasteiger partial charge >= 0.3 is 5.97 Å². The summed E-state index contributed by atoms with van der Waals surface area (Å²) in [7, 11) is 0. The molecule has 0 aliphatic carbocycles. The summed E-state index contributed by atoms with van der Waals surface area (Å²) in [6.45, 7) is 1.98. The Morgan fingerprint density at radius 1 is 1.47 bits per heavy atom. The second-order valence-electron chi connectivity index (χ2n) is 3.43. The molecule has 15 heavy (non-hydrogen) atoms. The lowest BCUT2D eigenvalue weighted by atomic mass is 10.1. The average molecular weight is 201 g/mol. The molecule has 0 saturated carbocycles. The quantitative estimate of drug-likeness (QED) is 0.734. The highest BCUT2D eigenvalue weighted by molar-refractivity contribution is 5.93. The maximum atomic E-state index is 10.4. The van der Waals surface area contributed by atoms with Crippen LogP contribution >= 0.6 is 0 Å². The third-order valence-electron chi connectivity index (χ3n) is 2.24. The number of nitrogens with one attached hydrogen (secondary N) is 1. The van der Waals surface area contributed by atoms with Crippen molar-refractivity contribution in [2.45, 2.75) is 6.92 Å². The molecule has 3 nitrogen and oxygen atoms in total. The molecule has 2 rings (SSSR count). The van der Waals surface area contributed by atoms with Crippen molar-refractivity contribution in [3.05, 3.63) is 41.6 Å². The number of aromatic nitrogens is 1. The van der Waals surface area contributed by atoms with Crippen LogP contribution in [-0.2, 0) is 4.79 Å². The minimum Gasteiger partial charge on any atom is -0.478 e. The number of aryl methyl sites for hydroxylation is 1. The fraction of sp³-hybridized carbons (Fsp3) is 0.0833. The van der Waals surface area contributed by atoms with E-state index in [0.29, 0.717) is 0 Å². The summed E-state index contributed by atoms with van der Waals surface area (Å²) in [5, 5.41) is 9.61. The lowest BCUT2D eigenvalue weighted by Gasteiger charge is -1.94. The first-order valence-electron chi connectivity index (χ1n) is 4.66. The van der Waals surface area contributed by atoms with Crippen molar-refractivity contribution >= 4 is 22.9 Å². The topological polar surface area (TPSA) is 53.1 Å². The van der Waals surface area contributed by atoms with Gasteiger partial charge in [-0.05, 0) is 30.7 Å². The highest BCUT2D eigenvalue weighted by Gasteiger charge is 2.00. The van der Waals surface area contributed by atoms with E-state index >= 15 is 0 Å². The van der Waals surface area contributed by atoms with Crippen molar-refractivity contribution in [3.8, 4) is 0 Å². The number of aliphatic carboxylic acids is 1. The SMILES string of the molecule is Cc1cc2c(/C=C/C(=O)O)cccc2[nH]1. The predicted molar refractivity (Wildman–Crippen MR) is 59.7 cm³/mol. The van der Waals surface area contributed by atoms with Crippen LogP contribution in [0.2, 0.25) is 0 Å². The summed E-state index contributed by atoms with van der Waals surface area (Å²) < 4.78 is 0. The first-order chi connectivity index (χ1) is 7.16. The molecule has 76 valence electrons. The van der Waals surface area contributed by atoms with Crippen molar-refractivity contribution in [1.29, 1.82) is 0 Å². The van der Waals surface area contributed by atoms with Crippen molar-refractivity contribution in [1.82, 2.24) is 4.98 Å². The number of carboxylic acid groups (broad SMARTS) is 1. The van der Waals surface area contributed by atoms with Gasteiger partial charge in [-0.3, -0.25) is 0 Å². The molecule has 2 aromatic rings. The van der Waals surface area contributed by atoms with Crippen LogP contribution in [0.1, 0.15) is 11.3 Å². The molecule has 0 spiro atoms. The Hall–Kier alpha value is -2.03. The van der Waals surface area contributed by atoms with Crippen LogP contribution in [0, 0.1) is 6.92 Å². The van der Waals surface area contributed by atoms with Crippen LogP contribution in [0.4, 0.5) is 0 Å². The van der Waals surface area contributed by atoms with Crippen LogP contribution in [0.15, 0.2) is 30.3 Å². The van der Waals surface area contributed by atoms with Gasteiger partial charge < -0.3 is 10.1 Å². The van der Waals surface area contributed by atoms with Gasteiger partial charge in [-0.2, -0.15) is 0 Å². The van der Waals surface area contributed by atoms with E-state index in [1.807, 2.05) is 31.2 Å². The Balaban J connectivity index is 2.55. The van der Waals surface area contributed by atoms with Gasteiger partial charge in [-0.15, -0.1) is 0 Å². The number of benzene rings is 1. The molecular weight excluding hydrogens is 190 g/mol. The Morgan fingerprint density at radius 2 is 2.27 bits per heavy atom. The molecule has 1 heterocycles. The van der Waals surface area contributed by atoms with Crippen molar-refractivity contribution < 1.29 is 9.90 Å². The fourth-order valence-corrected chi connectivity index (χ4v) is 1.62. The number of carboxylic acids is 1. The van der Waals surface area contributed by atoms with E-state index in [9.17, 15) is 4.79 Å². The standard InChI is InChI=1S/C12H11NO2/c1-8-7-10-9(5-6-12(14)15)3-2-4-11(10)13-8/h2-7,13H,1H3,(H,14,15)/b6-5+. The number of hydrogen-bond donors (Lipinski definition) is 2. The first-order valence-corrected chi connectivity index (χ1v) is 4.66. The lowest BCUT2D eigenvalue weighted by Crippen LogP contribution is -1.85. The molecular formula is C12H11NO2. The van der Waals surface area contributed by atoms with Crippen LogP contribution in [0.5, 0.6) is 0 Å². The Morgan fingerprint density at radius 3 is 3.00 bits per heavy atom. The predicted octanol–water partition coefficient (Wildman–Crippen LogP) is 2.57. The smallest absolute Gasteiger partial charge is 0.328 e. The first kappa shape index (κ1) is 9.52. The van der Waals surface area contributed by atoms with Crippen LogP contribution < -0.4 is 0 Å². The Labute approximate surface area is 87.0 Å². The third-order valence-corrected chi connectivity index (χ3v) is 2.24. The van der Waals surface area contributed by atoms with Gasteiger partial charge in [0, 0.05) is 22.7 Å². The number of aromatic amines is 1. The Kier molecular flexibility index (Phi) is 2.29. The molecule has 0 radical (unpaired) electrons. The average Bonchev–Trinajstić information content (AvgIpc) is 2.55. The zero-order valence-corrected chi connectivity index (χ0v) is 8.32. The van der Waals surface area contributed by atoms with Gasteiger partial charge in [0.2, 0.25) is 0 Å². The minimum absolute atomic E-state index is 0.916. The van der Waals surface area contributed by atoms with Gasteiger partial charge in [0.05, 0.1) is 0 Å². The summed E-state index contributed by atoms with van der Waals surface area (Å²) in [6, 6.07) is 7.78. The van der Waals surface area contributed by atoms with Gasteiger partial charge in [0.25, 0.3) is 0 Å². The van der Waals surface area contributed by atoms with E-state index in [1.54, 1.807) is 6.08 Å². The summed E-state index contributed by atoms with van der Waals surface area (Å²) in [5.41, 5.74) is 3.01. The van der Waals surface area contributed by atoms with Gasteiger partial charge in [-0.25, -0.2) is 4.79 Å². The number of hydrogen-bond acceptors (Lipinski definition) is 1. The Bertz CT molecular complexity index is 538. The molecule has 0 aliphatic rings. The maximum Gasteiger partial charge on any atom is 0.328 e. The van der Waals surface area contributed by atoms with Gasteiger partial charge in [0.1, 0.15) is 0 Å². The number of fused-ring (bicyclic) bond motifs is 1. The highest BCUT2D eigenvalue weighted by atomic mass is 16.4. The molecule has 1 aromatic carbocycles. The number of carbonyl (C=O) groups is 1. The molecule has 0 bridgehead atoms. The molecule has 0 atom stereocenters. The van der Waals surface area contributed by atoms with E-state index in [0.717, 1.165) is 28.2 Å². The number of rotatable bonds is 2. The molecule has 0 saturated heterocycles. The zero-order valence-electron chi connectivity index (χ0n) is 8.32. The molecule has 0 fully saturated rings. The molecule has 3 heteroatoms. The molecule has 0 amide bonds. The third kappa shape index (κ3) is 1.91. The van der Waals surface area contributed by atoms with E-state index in [-0.39, 0.29) is 0 Å². The molecule has 0 aliphatic heterocycles. The normalized spacial score (nSPS) is 11.3. The highest BCUT2D eigenvalue weighted by Crippen LogP contribution is 2.20. The van der Waals surface area contributed by atoms with Gasteiger partial charge in [-0.1, -0.05) is 12.1 Å². The second-order valence-corrected chi connectivity index (χ2v) is 3.43. The number of H-pyrrole nitrogens is 1. The van der Waals surface area contributed by atoms with E-state index in [1.165, 1.54) is 0 Å². The summed E-state index contributed by atoms with van der Waals surface area (Å²) in [5.74, 6) is -0.931. The van der Waals surface area contributed by atoms with E-state index in [2.05, 4.69) is 4.98 Å². The van der Waals surface area contributed by atoms with Crippen molar-refractivity contribution in [2.75, 3.05) is 0 Å². The van der Waals surface area contributed by atoms with Crippen LogP contribution in [0.25, 0.3) is 17.0 Å². The zero-order chi connectivity index (χ0) is 10.8. The lowest BCUT2D eigenvalue weighted by molar-refractivity contribution is -0.131. The van der Waals surface area contributed by atoms with Crippen LogP contribution in [-0.4, -0.2) is 16.1 Å². The molecule has 2 N–H and O–H groups in total. The fourth-order valence-electron chi connectivity index (χ4n) is 1.62. The summed E-state index contributed by atoms with van der Waals surface area (Å²) in [6.07, 6.45) is 2.76. The molecule has 0 unspecified atom stereocenters.